The average molecular weight is 184 g/mol. The van der Waals surface area contributed by atoms with Crippen LogP contribution in [0.5, 0.6) is 0 Å². The van der Waals surface area contributed by atoms with Gasteiger partial charge < -0.3 is 15.3 Å². The number of hydrogen-bond acceptors (Lipinski definition) is 3. The second-order valence-electron chi connectivity index (χ2n) is 2.86. The lowest BCUT2D eigenvalue weighted by Crippen LogP contribution is -2.51. The van der Waals surface area contributed by atoms with Crippen LogP contribution in [0.4, 0.5) is 0 Å². The standard InChI is InChI=1S/C8H12N2O3/c1-6-8(13)9-3-5-10(6)4-2-7(11)12/h2,4,6H,3,5H2,1H3,(H,9,13)(H,11,12). The highest BCUT2D eigenvalue weighted by atomic mass is 16.4. The fourth-order valence-corrected chi connectivity index (χ4v) is 1.16. The van der Waals surface area contributed by atoms with Crippen molar-refractivity contribution < 1.29 is 14.7 Å². The van der Waals surface area contributed by atoms with E-state index in [1.54, 1.807) is 11.8 Å². The molecule has 2 N–H and O–H groups in total. The molecule has 1 aliphatic rings. The van der Waals surface area contributed by atoms with E-state index in [2.05, 4.69) is 5.32 Å². The zero-order chi connectivity index (χ0) is 9.84. The van der Waals surface area contributed by atoms with Crippen molar-refractivity contribution in [3.05, 3.63) is 12.3 Å². The minimum absolute atomic E-state index is 0.0683. The van der Waals surface area contributed by atoms with Gasteiger partial charge in [0, 0.05) is 25.4 Å². The molecule has 0 aromatic heterocycles. The van der Waals surface area contributed by atoms with Crippen molar-refractivity contribution in [1.29, 1.82) is 0 Å². The number of piperazine rings is 1. The zero-order valence-electron chi connectivity index (χ0n) is 7.36. The molecule has 0 saturated carbocycles. The maximum Gasteiger partial charge on any atom is 0.329 e. The Labute approximate surface area is 76.0 Å². The lowest BCUT2D eigenvalue weighted by molar-refractivity contribution is -0.132. The molecule has 1 rings (SSSR count). The number of hydrogen-bond donors (Lipinski definition) is 2. The molecular formula is C8H12N2O3. The van der Waals surface area contributed by atoms with Gasteiger partial charge in [-0.25, -0.2) is 4.79 Å². The van der Waals surface area contributed by atoms with Crippen molar-refractivity contribution >= 4 is 11.9 Å². The van der Waals surface area contributed by atoms with Gasteiger partial charge in [-0.1, -0.05) is 0 Å². The third kappa shape index (κ3) is 2.47. The molecule has 1 aliphatic heterocycles. The summed E-state index contributed by atoms with van der Waals surface area (Å²) in [4.78, 5) is 23.0. The lowest BCUT2D eigenvalue weighted by Gasteiger charge is -2.31. The van der Waals surface area contributed by atoms with Crippen LogP contribution in [-0.4, -0.2) is 41.0 Å². The Bertz CT molecular complexity index is 250. The van der Waals surface area contributed by atoms with Crippen LogP contribution in [-0.2, 0) is 9.59 Å². The third-order valence-corrected chi connectivity index (χ3v) is 1.95. The molecule has 5 heteroatoms. The Kier molecular flexibility index (Phi) is 2.89. The fraction of sp³-hybridized carbons (Fsp3) is 0.500. The van der Waals surface area contributed by atoms with E-state index in [1.165, 1.54) is 6.20 Å². The quantitative estimate of drug-likeness (QED) is 0.562. The average Bonchev–Trinajstić information content (AvgIpc) is 2.07. The first-order valence-corrected chi connectivity index (χ1v) is 4.06. The van der Waals surface area contributed by atoms with Gasteiger partial charge in [0.2, 0.25) is 5.91 Å². The number of rotatable bonds is 2. The molecule has 1 fully saturated rings. The molecule has 0 aliphatic carbocycles. The van der Waals surface area contributed by atoms with E-state index in [1.807, 2.05) is 0 Å². The second kappa shape index (κ2) is 3.93. The molecule has 5 nitrogen and oxygen atoms in total. The normalized spacial score (nSPS) is 23.3. The van der Waals surface area contributed by atoms with Crippen LogP contribution < -0.4 is 5.32 Å². The van der Waals surface area contributed by atoms with E-state index >= 15 is 0 Å². The van der Waals surface area contributed by atoms with Gasteiger partial charge in [0.25, 0.3) is 0 Å². The number of nitrogens with one attached hydrogen (secondary N) is 1. The van der Waals surface area contributed by atoms with E-state index in [9.17, 15) is 9.59 Å². The van der Waals surface area contributed by atoms with Gasteiger partial charge in [0.15, 0.2) is 0 Å². The summed E-state index contributed by atoms with van der Waals surface area (Å²) >= 11 is 0. The molecule has 0 aromatic carbocycles. The van der Waals surface area contributed by atoms with E-state index in [4.69, 9.17) is 5.11 Å². The molecule has 0 aromatic rings. The van der Waals surface area contributed by atoms with E-state index < -0.39 is 5.97 Å². The Morgan fingerprint density at radius 1 is 1.77 bits per heavy atom. The number of amides is 1. The van der Waals surface area contributed by atoms with Gasteiger partial charge in [-0.3, -0.25) is 4.79 Å². The number of nitrogens with zero attached hydrogens (tertiary/aromatic N) is 1. The fourth-order valence-electron chi connectivity index (χ4n) is 1.16. The molecule has 1 saturated heterocycles. The van der Waals surface area contributed by atoms with E-state index in [-0.39, 0.29) is 11.9 Å². The molecule has 1 atom stereocenters. The molecule has 72 valence electrons. The van der Waals surface area contributed by atoms with Gasteiger partial charge in [0.05, 0.1) is 0 Å². The molecule has 13 heavy (non-hydrogen) atoms. The summed E-state index contributed by atoms with van der Waals surface area (Å²) in [6.07, 6.45) is 2.47. The van der Waals surface area contributed by atoms with Crippen LogP contribution >= 0.6 is 0 Å². The maximum atomic E-state index is 11.1. The van der Waals surface area contributed by atoms with Crippen molar-refractivity contribution in [2.45, 2.75) is 13.0 Å². The van der Waals surface area contributed by atoms with Gasteiger partial charge in [0.1, 0.15) is 6.04 Å². The monoisotopic (exact) mass is 184 g/mol. The van der Waals surface area contributed by atoms with Crippen LogP contribution in [0.3, 0.4) is 0 Å². The Morgan fingerprint density at radius 3 is 3.08 bits per heavy atom. The van der Waals surface area contributed by atoms with Gasteiger partial charge >= 0.3 is 5.97 Å². The van der Waals surface area contributed by atoms with Crippen molar-refractivity contribution in [2.75, 3.05) is 13.1 Å². The van der Waals surface area contributed by atoms with Crippen LogP contribution in [0.25, 0.3) is 0 Å². The molecule has 1 heterocycles. The molecule has 1 unspecified atom stereocenters. The first-order valence-electron chi connectivity index (χ1n) is 4.06. The number of carboxylic acids is 1. The van der Waals surface area contributed by atoms with E-state index in [0.29, 0.717) is 13.1 Å². The topological polar surface area (TPSA) is 69.6 Å². The summed E-state index contributed by atoms with van der Waals surface area (Å²) in [5.74, 6) is -1.07. The van der Waals surface area contributed by atoms with Crippen molar-refractivity contribution in [3.8, 4) is 0 Å². The summed E-state index contributed by atoms with van der Waals surface area (Å²) in [6, 6.07) is -0.288. The molecular weight excluding hydrogens is 172 g/mol. The minimum atomic E-state index is -1.00. The predicted octanol–water partition coefficient (Wildman–Crippen LogP) is -0.595. The SMILES string of the molecule is CC1C(=O)NCCN1C=CC(=O)O. The van der Waals surface area contributed by atoms with Gasteiger partial charge in [-0.15, -0.1) is 0 Å². The Hall–Kier alpha value is -1.52. The Morgan fingerprint density at radius 2 is 2.46 bits per heavy atom. The molecule has 1 amide bonds. The van der Waals surface area contributed by atoms with Crippen molar-refractivity contribution in [3.63, 3.8) is 0 Å². The first-order chi connectivity index (χ1) is 6.11. The number of carbonyl (C=O) groups excluding carboxylic acids is 1. The summed E-state index contributed by atoms with van der Waals surface area (Å²) in [5, 5.41) is 11.1. The molecule has 0 spiro atoms. The van der Waals surface area contributed by atoms with Crippen molar-refractivity contribution in [1.82, 2.24) is 10.2 Å². The van der Waals surface area contributed by atoms with Crippen LogP contribution in [0, 0.1) is 0 Å². The highest BCUT2D eigenvalue weighted by Crippen LogP contribution is 2.03. The highest BCUT2D eigenvalue weighted by molar-refractivity contribution is 5.83. The molecule has 0 radical (unpaired) electrons. The predicted molar refractivity (Wildman–Crippen MR) is 46.0 cm³/mol. The molecule has 0 bridgehead atoms. The number of carbonyl (C=O) groups is 2. The smallest absolute Gasteiger partial charge is 0.329 e. The highest BCUT2D eigenvalue weighted by Gasteiger charge is 2.22. The van der Waals surface area contributed by atoms with Crippen LogP contribution in [0.1, 0.15) is 6.92 Å². The van der Waals surface area contributed by atoms with Crippen molar-refractivity contribution in [2.24, 2.45) is 0 Å². The summed E-state index contributed by atoms with van der Waals surface area (Å²) in [7, 11) is 0. The lowest BCUT2D eigenvalue weighted by atomic mass is 10.2. The first kappa shape index (κ1) is 9.57. The number of aliphatic carboxylic acids is 1. The Balaban J connectivity index is 2.58. The minimum Gasteiger partial charge on any atom is -0.478 e. The van der Waals surface area contributed by atoms with Crippen LogP contribution in [0.2, 0.25) is 0 Å². The van der Waals surface area contributed by atoms with E-state index in [0.717, 1.165) is 6.08 Å². The van der Waals surface area contributed by atoms with Gasteiger partial charge in [-0.2, -0.15) is 0 Å². The largest absolute Gasteiger partial charge is 0.478 e. The summed E-state index contributed by atoms with van der Waals surface area (Å²) in [6.45, 7) is 2.95. The van der Waals surface area contributed by atoms with Gasteiger partial charge in [-0.05, 0) is 6.92 Å². The third-order valence-electron chi connectivity index (χ3n) is 1.95. The maximum absolute atomic E-state index is 11.1. The van der Waals surface area contributed by atoms with Crippen LogP contribution in [0.15, 0.2) is 12.3 Å². The number of carboxylic acid groups (broad SMARTS) is 1. The zero-order valence-corrected chi connectivity index (χ0v) is 7.36. The summed E-state index contributed by atoms with van der Waals surface area (Å²) in [5.41, 5.74) is 0. The summed E-state index contributed by atoms with van der Waals surface area (Å²) < 4.78 is 0. The second-order valence-corrected chi connectivity index (χ2v) is 2.86.